The highest BCUT2D eigenvalue weighted by Crippen LogP contribution is 1.89. The Hall–Kier alpha value is -1.10. The van der Waals surface area contributed by atoms with E-state index < -0.39 is 0 Å². The molecule has 0 saturated carbocycles. The molecule has 0 radical (unpaired) electrons. The summed E-state index contributed by atoms with van der Waals surface area (Å²) in [5.74, 6) is 1.63. The van der Waals surface area contributed by atoms with Gasteiger partial charge in [-0.1, -0.05) is 0 Å². The fourth-order valence-electron chi connectivity index (χ4n) is 0.362. The molecule has 0 aromatic heterocycles. The Labute approximate surface area is 54.3 Å². The van der Waals surface area contributed by atoms with E-state index in [0.29, 0.717) is 0 Å². The summed E-state index contributed by atoms with van der Waals surface area (Å²) in [5.41, 5.74) is 0. The zero-order valence-electron chi connectivity index (χ0n) is 5.31. The van der Waals surface area contributed by atoms with E-state index in [0.717, 1.165) is 0 Å². The van der Waals surface area contributed by atoms with Gasteiger partial charge in [-0.2, -0.15) is 0 Å². The maximum atomic E-state index is 10.3. The van der Waals surface area contributed by atoms with Gasteiger partial charge in [-0.3, -0.25) is 4.79 Å². The Morgan fingerprint density at radius 3 is 2.33 bits per heavy atom. The number of carbonyl (C=O) groups is 2. The Morgan fingerprint density at radius 1 is 1.44 bits per heavy atom. The third-order valence-corrected chi connectivity index (χ3v) is 0.865. The van der Waals surface area contributed by atoms with Crippen molar-refractivity contribution in [2.75, 3.05) is 0 Å². The standard InChI is InChI=1S/C7H8O2/c1-3-7(9)5-4-6(2)8/h1H,4-5H2,2H3. The molecule has 0 aromatic rings. The van der Waals surface area contributed by atoms with Gasteiger partial charge in [0.2, 0.25) is 5.78 Å². The van der Waals surface area contributed by atoms with Crippen molar-refractivity contribution in [2.24, 2.45) is 0 Å². The number of hydrogen-bond acceptors (Lipinski definition) is 2. The molecule has 2 nitrogen and oxygen atoms in total. The molecule has 0 fully saturated rings. The van der Waals surface area contributed by atoms with Crippen molar-refractivity contribution in [2.45, 2.75) is 19.8 Å². The molecular weight excluding hydrogens is 116 g/mol. The Morgan fingerprint density at radius 2 is 2.00 bits per heavy atom. The van der Waals surface area contributed by atoms with Crippen LogP contribution >= 0.6 is 0 Å². The number of Topliss-reactive ketones (excluding diaryl/α,β-unsaturated/α-hetero) is 2. The lowest BCUT2D eigenvalue weighted by molar-refractivity contribution is -0.120. The second kappa shape index (κ2) is 3.85. The van der Waals surface area contributed by atoms with Gasteiger partial charge in [0.05, 0.1) is 0 Å². The highest BCUT2D eigenvalue weighted by molar-refractivity contribution is 5.96. The van der Waals surface area contributed by atoms with E-state index in [1.54, 1.807) is 0 Å². The highest BCUT2D eigenvalue weighted by Gasteiger charge is 1.97. The van der Waals surface area contributed by atoms with Gasteiger partial charge in [-0.15, -0.1) is 6.42 Å². The van der Waals surface area contributed by atoms with E-state index >= 15 is 0 Å². The van der Waals surface area contributed by atoms with Crippen molar-refractivity contribution in [3.8, 4) is 12.3 Å². The normalized spacial score (nSPS) is 8.00. The molecule has 0 atom stereocenters. The minimum absolute atomic E-state index is 0.00130. The molecule has 9 heavy (non-hydrogen) atoms. The largest absolute Gasteiger partial charge is 0.300 e. The summed E-state index contributed by atoms with van der Waals surface area (Å²) in [6, 6.07) is 0. The lowest BCUT2D eigenvalue weighted by Gasteiger charge is -1.86. The Balaban J connectivity index is 3.43. The van der Waals surface area contributed by atoms with Crippen molar-refractivity contribution >= 4 is 11.6 Å². The average molecular weight is 124 g/mol. The van der Waals surface area contributed by atoms with Crippen LogP contribution in [0.3, 0.4) is 0 Å². The van der Waals surface area contributed by atoms with Crippen molar-refractivity contribution in [3.63, 3.8) is 0 Å². The van der Waals surface area contributed by atoms with Crippen molar-refractivity contribution in [1.29, 1.82) is 0 Å². The maximum Gasteiger partial charge on any atom is 0.205 e. The molecule has 0 amide bonds. The van der Waals surface area contributed by atoms with Crippen LogP contribution < -0.4 is 0 Å². The summed E-state index contributed by atoms with van der Waals surface area (Å²) in [6.45, 7) is 1.43. The predicted octanol–water partition coefficient (Wildman–Crippen LogP) is 0.558. The van der Waals surface area contributed by atoms with E-state index in [9.17, 15) is 9.59 Å². The number of ketones is 2. The van der Waals surface area contributed by atoms with Gasteiger partial charge < -0.3 is 4.79 Å². The van der Waals surface area contributed by atoms with Gasteiger partial charge in [0, 0.05) is 12.8 Å². The summed E-state index contributed by atoms with van der Waals surface area (Å²) in [6.07, 6.45) is 5.20. The number of hydrogen-bond donors (Lipinski definition) is 0. The summed E-state index contributed by atoms with van der Waals surface area (Å²) in [7, 11) is 0. The SMILES string of the molecule is C#CC(=O)CCC(C)=O. The van der Waals surface area contributed by atoms with Crippen LogP contribution in [0.4, 0.5) is 0 Å². The van der Waals surface area contributed by atoms with Gasteiger partial charge in [-0.25, -0.2) is 0 Å². The summed E-state index contributed by atoms with van der Waals surface area (Å²) < 4.78 is 0. The van der Waals surface area contributed by atoms with Gasteiger partial charge in [0.1, 0.15) is 5.78 Å². The molecule has 0 aliphatic rings. The molecule has 0 aliphatic heterocycles. The molecular formula is C7H8O2. The molecule has 0 N–H and O–H groups in total. The summed E-state index contributed by atoms with van der Waals surface area (Å²) in [4.78, 5) is 20.6. The molecule has 0 aromatic carbocycles. The monoisotopic (exact) mass is 124 g/mol. The second-order valence-electron chi connectivity index (χ2n) is 1.77. The molecule has 2 heteroatoms. The van der Waals surface area contributed by atoms with E-state index in [2.05, 4.69) is 0 Å². The number of carbonyl (C=O) groups excluding carboxylic acids is 2. The lowest BCUT2D eigenvalue weighted by Crippen LogP contribution is -1.97. The predicted molar refractivity (Wildman–Crippen MR) is 33.8 cm³/mol. The van der Waals surface area contributed by atoms with Crippen LogP contribution in [0.2, 0.25) is 0 Å². The topological polar surface area (TPSA) is 34.1 Å². The third-order valence-electron chi connectivity index (χ3n) is 0.865. The molecule has 0 saturated heterocycles. The van der Waals surface area contributed by atoms with E-state index in [4.69, 9.17) is 6.42 Å². The Kier molecular flexibility index (Phi) is 3.38. The maximum absolute atomic E-state index is 10.3. The number of rotatable bonds is 3. The van der Waals surface area contributed by atoms with Crippen LogP contribution in [-0.4, -0.2) is 11.6 Å². The molecule has 0 aliphatic carbocycles. The van der Waals surface area contributed by atoms with Crippen LogP contribution in [0.5, 0.6) is 0 Å². The van der Waals surface area contributed by atoms with Crippen LogP contribution in [-0.2, 0) is 9.59 Å². The van der Waals surface area contributed by atoms with E-state index in [1.165, 1.54) is 6.92 Å². The lowest BCUT2D eigenvalue weighted by atomic mass is 10.2. The molecule has 48 valence electrons. The molecule has 0 unspecified atom stereocenters. The number of terminal acetylenes is 1. The van der Waals surface area contributed by atoms with Crippen molar-refractivity contribution in [3.05, 3.63) is 0 Å². The second-order valence-corrected chi connectivity index (χ2v) is 1.77. The van der Waals surface area contributed by atoms with Crippen LogP contribution in [0.1, 0.15) is 19.8 Å². The van der Waals surface area contributed by atoms with Gasteiger partial charge in [0.15, 0.2) is 0 Å². The van der Waals surface area contributed by atoms with Gasteiger partial charge in [0.25, 0.3) is 0 Å². The molecule has 0 bridgehead atoms. The van der Waals surface area contributed by atoms with Crippen LogP contribution in [0.15, 0.2) is 0 Å². The molecule has 0 rings (SSSR count). The zero-order chi connectivity index (χ0) is 7.28. The zero-order valence-corrected chi connectivity index (χ0v) is 5.31. The minimum atomic E-state index is -0.301. The average Bonchev–Trinajstić information content (AvgIpc) is 1.83. The first kappa shape index (κ1) is 7.90. The quantitative estimate of drug-likeness (QED) is 0.407. The first-order valence-electron chi connectivity index (χ1n) is 2.65. The van der Waals surface area contributed by atoms with Crippen molar-refractivity contribution < 1.29 is 9.59 Å². The third kappa shape index (κ3) is 4.76. The van der Waals surface area contributed by atoms with Crippen molar-refractivity contribution in [1.82, 2.24) is 0 Å². The van der Waals surface area contributed by atoms with Gasteiger partial charge >= 0.3 is 0 Å². The summed E-state index contributed by atoms with van der Waals surface area (Å²) in [5, 5.41) is 0. The first-order valence-corrected chi connectivity index (χ1v) is 2.65. The summed E-state index contributed by atoms with van der Waals surface area (Å²) >= 11 is 0. The highest BCUT2D eigenvalue weighted by atomic mass is 16.1. The van der Waals surface area contributed by atoms with E-state index in [1.807, 2.05) is 5.92 Å². The van der Waals surface area contributed by atoms with Crippen LogP contribution in [0, 0.1) is 12.3 Å². The molecule has 0 spiro atoms. The smallest absolute Gasteiger partial charge is 0.205 e. The fraction of sp³-hybridized carbons (Fsp3) is 0.429. The van der Waals surface area contributed by atoms with Gasteiger partial charge in [-0.05, 0) is 12.8 Å². The van der Waals surface area contributed by atoms with E-state index in [-0.39, 0.29) is 24.4 Å². The molecule has 0 heterocycles. The van der Waals surface area contributed by atoms with Crippen LogP contribution in [0.25, 0.3) is 0 Å². The fourth-order valence-corrected chi connectivity index (χ4v) is 0.362. The first-order chi connectivity index (χ1) is 4.16. The minimum Gasteiger partial charge on any atom is -0.300 e. The Bertz CT molecular complexity index is 162.